The Hall–Kier alpha value is -1.63. The van der Waals surface area contributed by atoms with Crippen LogP contribution in [0.25, 0.3) is 0 Å². The standard InChI is InChI=1S/C22H41N5O7SSi2/c1-20(2,3)36(7,8)31-12-16-22(15(23)13-35(29,30)34-22)17(33-37(9,10)21(4,5)6)19(32-16)27-14(18(24)28)11-25-26-27/h11,13,16-17,19H,12,23H2,1-10H3,(H2,24,28). The Labute approximate surface area is 221 Å². The summed E-state index contributed by atoms with van der Waals surface area (Å²) in [5.41, 5.74) is 10.2. The number of amides is 1. The molecule has 1 spiro atoms. The molecule has 0 bridgehead atoms. The summed E-state index contributed by atoms with van der Waals surface area (Å²) in [5, 5.41) is 8.37. The first-order valence-electron chi connectivity index (χ1n) is 12.2. The summed E-state index contributed by atoms with van der Waals surface area (Å²) in [5.74, 6) is -0.779. The van der Waals surface area contributed by atoms with E-state index in [1.165, 1.54) is 10.9 Å². The average Bonchev–Trinajstić information content (AvgIpc) is 3.34. The van der Waals surface area contributed by atoms with Crippen molar-refractivity contribution in [3.63, 3.8) is 0 Å². The number of ether oxygens (including phenoxy) is 1. The van der Waals surface area contributed by atoms with Gasteiger partial charge >= 0.3 is 0 Å². The Bertz CT molecular complexity index is 1190. The molecule has 3 rings (SSSR count). The summed E-state index contributed by atoms with van der Waals surface area (Å²) in [6, 6.07) is 0. The molecule has 2 aliphatic rings. The second-order valence-corrected chi connectivity index (χ2v) is 23.7. The molecule has 1 aromatic heterocycles. The van der Waals surface area contributed by atoms with E-state index in [9.17, 15) is 13.2 Å². The predicted octanol–water partition coefficient (Wildman–Crippen LogP) is 2.59. The predicted molar refractivity (Wildman–Crippen MR) is 143 cm³/mol. The van der Waals surface area contributed by atoms with Crippen molar-refractivity contribution in [1.82, 2.24) is 15.0 Å². The molecular formula is C22H41N5O7SSi2. The van der Waals surface area contributed by atoms with Gasteiger partial charge in [0.1, 0.15) is 17.9 Å². The summed E-state index contributed by atoms with van der Waals surface area (Å²) < 4.78 is 52.1. The van der Waals surface area contributed by atoms with Gasteiger partial charge in [0.15, 0.2) is 28.5 Å². The highest BCUT2D eigenvalue weighted by atomic mass is 32.2. The van der Waals surface area contributed by atoms with E-state index in [-0.39, 0.29) is 28.1 Å². The van der Waals surface area contributed by atoms with Gasteiger partial charge in [0, 0.05) is 0 Å². The second-order valence-electron chi connectivity index (χ2n) is 12.8. The van der Waals surface area contributed by atoms with Crippen LogP contribution in [0.15, 0.2) is 17.3 Å². The van der Waals surface area contributed by atoms with Crippen molar-refractivity contribution in [1.29, 1.82) is 0 Å². The smallest absolute Gasteiger partial charge is 0.292 e. The second kappa shape index (κ2) is 9.24. The van der Waals surface area contributed by atoms with Gasteiger partial charge in [-0.3, -0.25) is 4.79 Å². The molecule has 12 nitrogen and oxygen atoms in total. The Morgan fingerprint density at radius 3 is 2.16 bits per heavy atom. The molecule has 1 amide bonds. The maximum absolute atomic E-state index is 12.8. The van der Waals surface area contributed by atoms with Gasteiger partial charge in [-0.15, -0.1) is 5.10 Å². The lowest BCUT2D eigenvalue weighted by molar-refractivity contribution is -0.0601. The first kappa shape index (κ1) is 29.9. The molecule has 0 radical (unpaired) electrons. The molecule has 0 aliphatic carbocycles. The van der Waals surface area contributed by atoms with Crippen molar-refractivity contribution in [3.8, 4) is 0 Å². The maximum Gasteiger partial charge on any atom is 0.292 e. The van der Waals surface area contributed by atoms with Crippen LogP contribution in [-0.2, 0) is 27.9 Å². The van der Waals surface area contributed by atoms with Crippen molar-refractivity contribution in [2.45, 2.75) is 102 Å². The van der Waals surface area contributed by atoms with Crippen LogP contribution in [0.2, 0.25) is 36.3 Å². The van der Waals surface area contributed by atoms with Gasteiger partial charge in [-0.1, -0.05) is 46.8 Å². The fourth-order valence-electron chi connectivity index (χ4n) is 3.80. The van der Waals surface area contributed by atoms with Crippen LogP contribution < -0.4 is 11.5 Å². The summed E-state index contributed by atoms with van der Waals surface area (Å²) in [4.78, 5) is 12.2. The zero-order valence-electron chi connectivity index (χ0n) is 23.4. The fraction of sp³-hybridized carbons (Fsp3) is 0.773. The van der Waals surface area contributed by atoms with Gasteiger partial charge < -0.3 is 25.1 Å². The van der Waals surface area contributed by atoms with Gasteiger partial charge in [-0.2, -0.15) is 8.42 Å². The van der Waals surface area contributed by atoms with Gasteiger partial charge in [-0.25, -0.2) is 8.86 Å². The van der Waals surface area contributed by atoms with Crippen LogP contribution in [-0.4, -0.2) is 70.4 Å². The zero-order valence-corrected chi connectivity index (χ0v) is 26.2. The molecule has 1 saturated heterocycles. The maximum atomic E-state index is 12.8. The average molecular weight is 576 g/mol. The molecule has 3 heterocycles. The summed E-state index contributed by atoms with van der Waals surface area (Å²) in [7, 11) is -9.06. The monoisotopic (exact) mass is 575 g/mol. The van der Waals surface area contributed by atoms with Crippen molar-refractivity contribution in [3.05, 3.63) is 23.0 Å². The van der Waals surface area contributed by atoms with Crippen molar-refractivity contribution in [2.75, 3.05) is 6.61 Å². The number of nitrogens with two attached hydrogens (primary N) is 2. The van der Waals surface area contributed by atoms with Crippen LogP contribution in [0.5, 0.6) is 0 Å². The molecule has 0 saturated carbocycles. The Kier molecular flexibility index (Phi) is 7.47. The Morgan fingerprint density at radius 2 is 1.70 bits per heavy atom. The molecule has 1 fully saturated rings. The number of carbonyl (C=O) groups excluding carboxylic acids is 1. The number of carbonyl (C=O) groups is 1. The summed E-state index contributed by atoms with van der Waals surface area (Å²) in [6.07, 6.45) is -2.01. The Morgan fingerprint density at radius 1 is 1.14 bits per heavy atom. The van der Waals surface area contributed by atoms with Crippen LogP contribution in [0.4, 0.5) is 0 Å². The van der Waals surface area contributed by atoms with E-state index in [0.29, 0.717) is 0 Å². The lowest BCUT2D eigenvalue weighted by atomic mass is 9.89. The number of rotatable bonds is 7. The topological polar surface area (TPSA) is 171 Å². The summed E-state index contributed by atoms with van der Waals surface area (Å²) >= 11 is 0. The van der Waals surface area contributed by atoms with Crippen molar-refractivity contribution < 1.29 is 31.0 Å². The first-order valence-corrected chi connectivity index (χ1v) is 19.4. The SMILES string of the molecule is CC(C)(C)[Si](C)(C)OCC1OC(n2nncc2C(N)=O)C(O[Si](C)(C)C(C)(C)C)C12OS(=O)(=O)C=C2N. The first-order chi connectivity index (χ1) is 16.6. The number of hydrogen-bond donors (Lipinski definition) is 2. The highest BCUT2D eigenvalue weighted by Gasteiger charge is 2.67. The largest absolute Gasteiger partial charge is 0.414 e. The normalized spacial score (nSPS) is 28.6. The van der Waals surface area contributed by atoms with Gasteiger partial charge in [0.2, 0.25) is 0 Å². The van der Waals surface area contributed by atoms with E-state index in [1.54, 1.807) is 0 Å². The minimum absolute atomic E-state index is 0.0188. The van der Waals surface area contributed by atoms with Crippen LogP contribution in [0, 0.1) is 0 Å². The fourth-order valence-corrected chi connectivity index (χ4v) is 7.30. The molecule has 2 aliphatic heterocycles. The highest BCUT2D eigenvalue weighted by Crippen LogP contribution is 2.52. The minimum Gasteiger partial charge on any atom is -0.414 e. The Balaban J connectivity index is 2.19. The highest BCUT2D eigenvalue weighted by molar-refractivity contribution is 7.90. The quantitative estimate of drug-likeness (QED) is 0.364. The van der Waals surface area contributed by atoms with Crippen LogP contribution in [0.3, 0.4) is 0 Å². The van der Waals surface area contributed by atoms with E-state index in [0.717, 1.165) is 5.41 Å². The molecule has 37 heavy (non-hydrogen) atoms. The van der Waals surface area contributed by atoms with Crippen LogP contribution >= 0.6 is 0 Å². The van der Waals surface area contributed by atoms with Crippen molar-refractivity contribution >= 4 is 32.7 Å². The van der Waals surface area contributed by atoms with E-state index in [2.05, 4.69) is 44.2 Å². The summed E-state index contributed by atoms with van der Waals surface area (Å²) in [6.45, 7) is 20.6. The van der Waals surface area contributed by atoms with E-state index < -0.39 is 56.7 Å². The van der Waals surface area contributed by atoms with Crippen LogP contribution in [0.1, 0.15) is 58.3 Å². The third-order valence-corrected chi connectivity index (χ3v) is 18.1. The van der Waals surface area contributed by atoms with Gasteiger partial charge in [0.05, 0.1) is 23.9 Å². The molecular weight excluding hydrogens is 535 g/mol. The molecule has 210 valence electrons. The van der Waals surface area contributed by atoms with E-state index in [4.69, 9.17) is 29.2 Å². The van der Waals surface area contributed by atoms with Gasteiger partial charge in [0.25, 0.3) is 16.0 Å². The van der Waals surface area contributed by atoms with Gasteiger partial charge in [-0.05, 0) is 36.3 Å². The molecule has 1 aromatic rings. The zero-order chi connectivity index (χ0) is 28.4. The van der Waals surface area contributed by atoms with Crippen molar-refractivity contribution in [2.24, 2.45) is 11.5 Å². The lowest BCUT2D eigenvalue weighted by Crippen LogP contribution is -2.59. The lowest BCUT2D eigenvalue weighted by Gasteiger charge is -2.43. The minimum atomic E-state index is -4.16. The molecule has 4 N–H and O–H groups in total. The molecule has 15 heteroatoms. The number of nitrogens with zero attached hydrogens (tertiary/aromatic N) is 3. The molecule has 0 aromatic carbocycles. The molecule has 4 unspecified atom stereocenters. The number of primary amides is 1. The van der Waals surface area contributed by atoms with E-state index >= 15 is 0 Å². The third kappa shape index (κ3) is 5.31. The number of aromatic nitrogens is 3. The van der Waals surface area contributed by atoms with E-state index in [1.807, 2.05) is 33.9 Å². The number of hydrogen-bond acceptors (Lipinski definition) is 10. The molecule has 4 atom stereocenters. The third-order valence-electron chi connectivity index (χ3n) is 8.14.